The number of hydrogen-bond donors (Lipinski definition) is 1. The molecule has 0 aromatic heterocycles. The number of esters is 1. The van der Waals surface area contributed by atoms with E-state index in [4.69, 9.17) is 15.2 Å². The molecule has 136 valence electrons. The van der Waals surface area contributed by atoms with Crippen LogP contribution in [-0.4, -0.2) is 37.0 Å². The summed E-state index contributed by atoms with van der Waals surface area (Å²) in [6.45, 7) is 3.23. The zero-order chi connectivity index (χ0) is 18.7. The van der Waals surface area contributed by atoms with Crippen molar-refractivity contribution < 1.29 is 19.1 Å². The molecule has 6 nitrogen and oxygen atoms in total. The van der Waals surface area contributed by atoms with Gasteiger partial charge in [0.05, 0.1) is 13.7 Å². The van der Waals surface area contributed by atoms with Gasteiger partial charge in [-0.3, -0.25) is 4.79 Å². The first-order valence-electron chi connectivity index (χ1n) is 8.56. The second-order valence-corrected chi connectivity index (χ2v) is 6.10. The lowest BCUT2D eigenvalue weighted by Crippen LogP contribution is -2.29. The topological polar surface area (TPSA) is 81.9 Å². The summed E-state index contributed by atoms with van der Waals surface area (Å²) in [6.07, 6.45) is 0.688. The van der Waals surface area contributed by atoms with Crippen LogP contribution in [0.3, 0.4) is 0 Å². The lowest BCUT2D eigenvalue weighted by atomic mass is 10.0. The summed E-state index contributed by atoms with van der Waals surface area (Å²) < 4.78 is 10.7. The van der Waals surface area contributed by atoms with Gasteiger partial charge in [-0.1, -0.05) is 31.2 Å². The predicted octanol–water partition coefficient (Wildman–Crippen LogP) is 2.65. The van der Waals surface area contributed by atoms with Crippen LogP contribution in [0, 0.1) is 0 Å². The Bertz CT molecular complexity index is 848. The highest BCUT2D eigenvalue weighted by Crippen LogP contribution is 2.31. The molecule has 26 heavy (non-hydrogen) atoms. The van der Waals surface area contributed by atoms with Crippen molar-refractivity contribution in [1.29, 1.82) is 0 Å². The molecule has 0 spiro atoms. The second-order valence-electron chi connectivity index (χ2n) is 6.10. The molecule has 2 aromatic rings. The maximum absolute atomic E-state index is 12.4. The van der Waals surface area contributed by atoms with Gasteiger partial charge in [0.2, 0.25) is 0 Å². The van der Waals surface area contributed by atoms with E-state index >= 15 is 0 Å². The van der Waals surface area contributed by atoms with E-state index in [1.54, 1.807) is 11.0 Å². The predicted molar refractivity (Wildman–Crippen MR) is 98.2 cm³/mol. The Hall–Kier alpha value is -3.02. The molecule has 1 aliphatic rings. The van der Waals surface area contributed by atoms with Crippen molar-refractivity contribution in [2.45, 2.75) is 19.9 Å². The summed E-state index contributed by atoms with van der Waals surface area (Å²) in [5, 5.41) is 0. The zero-order valence-corrected chi connectivity index (χ0v) is 15.0. The fourth-order valence-corrected chi connectivity index (χ4v) is 3.15. The molecule has 0 saturated carbocycles. The Labute approximate surface area is 152 Å². The zero-order valence-electron chi connectivity index (χ0n) is 15.0. The molecule has 0 unspecified atom stereocenters. The quantitative estimate of drug-likeness (QED) is 0.637. The van der Waals surface area contributed by atoms with Crippen molar-refractivity contribution in [3.63, 3.8) is 0 Å². The SMILES string of the molecule is CCc1ccc(N)c(C(=O)OC)c1OCCN1Cc2ccccc2C1=O. The second kappa shape index (κ2) is 7.47. The molecule has 2 N–H and O–H groups in total. The Morgan fingerprint density at radius 2 is 2.00 bits per heavy atom. The number of methoxy groups -OCH3 is 1. The summed E-state index contributed by atoms with van der Waals surface area (Å²) >= 11 is 0. The molecule has 0 fully saturated rings. The van der Waals surface area contributed by atoms with Gasteiger partial charge in [0.25, 0.3) is 5.91 Å². The first-order chi connectivity index (χ1) is 12.6. The van der Waals surface area contributed by atoms with Gasteiger partial charge in [0.1, 0.15) is 17.9 Å². The smallest absolute Gasteiger partial charge is 0.343 e. The average Bonchev–Trinajstić information content (AvgIpc) is 2.97. The van der Waals surface area contributed by atoms with E-state index in [1.165, 1.54) is 7.11 Å². The first kappa shape index (κ1) is 17.8. The standard InChI is InChI=1S/C20H22N2O4/c1-3-13-8-9-16(21)17(20(24)25-2)18(13)26-11-10-22-12-14-6-4-5-7-15(14)19(22)23/h4-9H,3,10-12,21H2,1-2H3. The van der Waals surface area contributed by atoms with Gasteiger partial charge in [-0.05, 0) is 29.7 Å². The number of rotatable bonds is 6. The number of fused-ring (bicyclic) bond motifs is 1. The molecule has 0 atom stereocenters. The van der Waals surface area contributed by atoms with E-state index in [9.17, 15) is 9.59 Å². The van der Waals surface area contributed by atoms with Crippen molar-refractivity contribution in [1.82, 2.24) is 4.90 Å². The van der Waals surface area contributed by atoms with Crippen molar-refractivity contribution in [2.24, 2.45) is 0 Å². The summed E-state index contributed by atoms with van der Waals surface area (Å²) in [6, 6.07) is 11.1. The van der Waals surface area contributed by atoms with Crippen LogP contribution < -0.4 is 10.5 Å². The van der Waals surface area contributed by atoms with Gasteiger partial charge >= 0.3 is 5.97 Å². The van der Waals surface area contributed by atoms with Gasteiger partial charge in [-0.2, -0.15) is 0 Å². The van der Waals surface area contributed by atoms with E-state index in [-0.39, 0.29) is 18.1 Å². The summed E-state index contributed by atoms with van der Waals surface area (Å²) in [5.74, 6) is -0.0957. The molecule has 3 rings (SSSR count). The lowest BCUT2D eigenvalue weighted by Gasteiger charge is -2.19. The highest BCUT2D eigenvalue weighted by Gasteiger charge is 2.27. The number of carbonyl (C=O) groups excluding carboxylic acids is 2. The summed E-state index contributed by atoms with van der Waals surface area (Å²) in [5.41, 5.74) is 9.13. The van der Waals surface area contributed by atoms with Crippen LogP contribution in [0.1, 0.15) is 38.8 Å². The molecular formula is C20H22N2O4. The van der Waals surface area contributed by atoms with E-state index in [1.807, 2.05) is 37.3 Å². The Morgan fingerprint density at radius 3 is 2.69 bits per heavy atom. The van der Waals surface area contributed by atoms with E-state index in [0.29, 0.717) is 30.9 Å². The maximum atomic E-state index is 12.4. The fourth-order valence-electron chi connectivity index (χ4n) is 3.15. The number of nitrogen functional groups attached to an aromatic ring is 1. The average molecular weight is 354 g/mol. The molecule has 6 heteroatoms. The number of nitrogens with two attached hydrogens (primary N) is 1. The molecule has 0 saturated heterocycles. The van der Waals surface area contributed by atoms with Crippen molar-refractivity contribution in [3.05, 3.63) is 58.7 Å². The van der Waals surface area contributed by atoms with Crippen LogP contribution in [0.2, 0.25) is 0 Å². The van der Waals surface area contributed by atoms with E-state index in [0.717, 1.165) is 16.7 Å². The number of anilines is 1. The van der Waals surface area contributed by atoms with Crippen LogP contribution in [0.4, 0.5) is 5.69 Å². The Morgan fingerprint density at radius 1 is 1.23 bits per heavy atom. The minimum atomic E-state index is -0.530. The lowest BCUT2D eigenvalue weighted by molar-refractivity contribution is 0.0593. The molecule has 1 amide bonds. The molecule has 0 aliphatic carbocycles. The van der Waals surface area contributed by atoms with E-state index in [2.05, 4.69) is 0 Å². The third-order valence-corrected chi connectivity index (χ3v) is 4.55. The summed E-state index contributed by atoms with van der Waals surface area (Å²) in [7, 11) is 1.31. The van der Waals surface area contributed by atoms with Gasteiger partial charge in [-0.25, -0.2) is 4.79 Å². The number of benzene rings is 2. The number of nitrogens with zero attached hydrogens (tertiary/aromatic N) is 1. The molecular weight excluding hydrogens is 332 g/mol. The minimum absolute atomic E-state index is 0.000631. The van der Waals surface area contributed by atoms with Crippen molar-refractivity contribution >= 4 is 17.6 Å². The molecule has 2 aromatic carbocycles. The van der Waals surface area contributed by atoms with E-state index < -0.39 is 5.97 Å². The number of carbonyl (C=O) groups is 2. The highest BCUT2D eigenvalue weighted by atomic mass is 16.5. The third-order valence-electron chi connectivity index (χ3n) is 4.55. The molecule has 0 bridgehead atoms. The van der Waals surface area contributed by atoms with Gasteiger partial charge in [0.15, 0.2) is 0 Å². The molecule has 1 heterocycles. The number of hydrogen-bond acceptors (Lipinski definition) is 5. The monoisotopic (exact) mass is 354 g/mol. The van der Waals surface area contributed by atoms with Crippen LogP contribution in [-0.2, 0) is 17.7 Å². The van der Waals surface area contributed by atoms with Crippen molar-refractivity contribution in [3.8, 4) is 5.75 Å². The van der Waals surface area contributed by atoms with Crippen LogP contribution >= 0.6 is 0 Å². The normalized spacial score (nSPS) is 12.8. The summed E-state index contributed by atoms with van der Waals surface area (Å²) in [4.78, 5) is 26.2. The molecule has 0 radical (unpaired) electrons. The number of ether oxygens (including phenoxy) is 2. The number of aryl methyl sites for hydroxylation is 1. The third kappa shape index (κ3) is 3.22. The molecule has 1 aliphatic heterocycles. The number of amides is 1. The Kier molecular flexibility index (Phi) is 5.11. The van der Waals surface area contributed by atoms with Gasteiger partial charge in [-0.15, -0.1) is 0 Å². The van der Waals surface area contributed by atoms with Gasteiger partial charge < -0.3 is 20.1 Å². The first-order valence-corrected chi connectivity index (χ1v) is 8.56. The van der Waals surface area contributed by atoms with Crippen LogP contribution in [0.25, 0.3) is 0 Å². The minimum Gasteiger partial charge on any atom is -0.490 e. The van der Waals surface area contributed by atoms with Crippen LogP contribution in [0.15, 0.2) is 36.4 Å². The Balaban J connectivity index is 1.74. The fraction of sp³-hybridized carbons (Fsp3) is 0.300. The van der Waals surface area contributed by atoms with Crippen LogP contribution in [0.5, 0.6) is 5.75 Å². The largest absolute Gasteiger partial charge is 0.490 e. The van der Waals surface area contributed by atoms with Gasteiger partial charge in [0, 0.05) is 17.8 Å². The maximum Gasteiger partial charge on any atom is 0.343 e. The highest BCUT2D eigenvalue weighted by molar-refractivity contribution is 5.99. The van der Waals surface area contributed by atoms with Crippen molar-refractivity contribution in [2.75, 3.05) is 26.0 Å².